The van der Waals surface area contributed by atoms with Crippen LogP contribution in [0.5, 0.6) is 0 Å². The number of nitrogens with zero attached hydrogens (tertiary/aromatic N) is 4. The number of nitrogen functional groups attached to an aromatic ring is 1. The lowest BCUT2D eigenvalue weighted by Crippen LogP contribution is -2.30. The molecule has 0 aliphatic rings. The van der Waals surface area contributed by atoms with E-state index in [-0.39, 0.29) is 11.9 Å². The molecular weight excluding hydrogens is 328 g/mol. The van der Waals surface area contributed by atoms with Crippen LogP contribution in [0.4, 0.5) is 5.82 Å². The standard InChI is InChI=1S/C19H22N6O/c1-3-5-15(18-21-8-9-25(18)2)24-19(26)14-7-4-6-13(10-14)16-11-23-17(20)12-22-16/h4,6-12,15H,3,5H2,1-2H3,(H2,20,23)(H,24,26). The van der Waals surface area contributed by atoms with E-state index >= 15 is 0 Å². The van der Waals surface area contributed by atoms with Crippen molar-refractivity contribution in [2.45, 2.75) is 25.8 Å². The highest BCUT2D eigenvalue weighted by Crippen LogP contribution is 2.20. The molecule has 0 saturated carbocycles. The predicted octanol–water partition coefficient (Wildman–Crippen LogP) is 2.73. The summed E-state index contributed by atoms with van der Waals surface area (Å²) in [7, 11) is 1.93. The highest BCUT2D eigenvalue weighted by Gasteiger charge is 2.19. The molecule has 0 radical (unpaired) electrons. The minimum atomic E-state index is -0.142. The van der Waals surface area contributed by atoms with Gasteiger partial charge in [0, 0.05) is 30.6 Å². The number of imidazole rings is 1. The number of benzene rings is 1. The van der Waals surface area contributed by atoms with E-state index in [0.717, 1.165) is 24.2 Å². The lowest BCUT2D eigenvalue weighted by molar-refractivity contribution is 0.0932. The van der Waals surface area contributed by atoms with Crippen molar-refractivity contribution in [2.75, 3.05) is 5.73 Å². The molecule has 26 heavy (non-hydrogen) atoms. The Hall–Kier alpha value is -3.22. The van der Waals surface area contributed by atoms with E-state index in [4.69, 9.17) is 5.73 Å². The molecule has 2 heterocycles. The largest absolute Gasteiger partial charge is 0.382 e. The van der Waals surface area contributed by atoms with Crippen LogP contribution in [0.3, 0.4) is 0 Å². The summed E-state index contributed by atoms with van der Waals surface area (Å²) in [4.78, 5) is 25.5. The zero-order valence-corrected chi connectivity index (χ0v) is 14.9. The summed E-state index contributed by atoms with van der Waals surface area (Å²) in [6, 6.07) is 7.17. The monoisotopic (exact) mass is 350 g/mol. The van der Waals surface area contributed by atoms with E-state index < -0.39 is 0 Å². The SMILES string of the molecule is CCCC(NC(=O)c1cccc(-c2cnc(N)cn2)c1)c1nccn1C. The Morgan fingerprint density at radius 2 is 2.12 bits per heavy atom. The molecular formula is C19H22N6O. The van der Waals surface area contributed by atoms with Gasteiger partial charge in [-0.05, 0) is 18.6 Å². The van der Waals surface area contributed by atoms with Crippen molar-refractivity contribution in [3.63, 3.8) is 0 Å². The van der Waals surface area contributed by atoms with Crippen LogP contribution >= 0.6 is 0 Å². The molecule has 0 bridgehead atoms. The van der Waals surface area contributed by atoms with Crippen LogP contribution in [0.15, 0.2) is 49.1 Å². The van der Waals surface area contributed by atoms with Gasteiger partial charge in [0.1, 0.15) is 11.6 Å². The second kappa shape index (κ2) is 7.77. The second-order valence-electron chi connectivity index (χ2n) is 6.12. The summed E-state index contributed by atoms with van der Waals surface area (Å²) in [5.41, 5.74) is 7.63. The normalized spacial score (nSPS) is 11.9. The van der Waals surface area contributed by atoms with Crippen molar-refractivity contribution in [1.29, 1.82) is 0 Å². The number of nitrogens with one attached hydrogen (secondary N) is 1. The van der Waals surface area contributed by atoms with E-state index in [1.54, 1.807) is 24.5 Å². The third-order valence-electron chi connectivity index (χ3n) is 4.15. The average molecular weight is 350 g/mol. The highest BCUT2D eigenvalue weighted by atomic mass is 16.1. The van der Waals surface area contributed by atoms with Crippen molar-refractivity contribution >= 4 is 11.7 Å². The van der Waals surface area contributed by atoms with Crippen molar-refractivity contribution < 1.29 is 4.79 Å². The Bertz CT molecular complexity index is 887. The van der Waals surface area contributed by atoms with Crippen LogP contribution in [0.2, 0.25) is 0 Å². The molecule has 1 unspecified atom stereocenters. The van der Waals surface area contributed by atoms with E-state index in [0.29, 0.717) is 17.1 Å². The van der Waals surface area contributed by atoms with E-state index in [2.05, 4.69) is 27.2 Å². The maximum absolute atomic E-state index is 12.8. The Morgan fingerprint density at radius 1 is 1.27 bits per heavy atom. The fraction of sp³-hybridized carbons (Fsp3) is 0.263. The number of amides is 1. The molecule has 1 amide bonds. The lowest BCUT2D eigenvalue weighted by atomic mass is 10.1. The summed E-state index contributed by atoms with van der Waals surface area (Å²) < 4.78 is 1.93. The van der Waals surface area contributed by atoms with E-state index in [1.807, 2.05) is 29.9 Å². The fourth-order valence-electron chi connectivity index (χ4n) is 2.82. The fourth-order valence-corrected chi connectivity index (χ4v) is 2.82. The van der Waals surface area contributed by atoms with Gasteiger partial charge in [-0.25, -0.2) is 9.97 Å². The number of nitrogens with two attached hydrogens (primary N) is 1. The topological polar surface area (TPSA) is 98.7 Å². The summed E-state index contributed by atoms with van der Waals surface area (Å²) in [6.07, 6.45) is 8.48. The van der Waals surface area contributed by atoms with Gasteiger partial charge in [0.25, 0.3) is 5.91 Å². The van der Waals surface area contributed by atoms with Crippen LogP contribution in [-0.4, -0.2) is 25.4 Å². The Labute approximate surface area is 152 Å². The molecule has 0 aliphatic carbocycles. The summed E-state index contributed by atoms with van der Waals surface area (Å²) in [5.74, 6) is 1.07. The van der Waals surface area contributed by atoms with Crippen molar-refractivity contribution in [2.24, 2.45) is 7.05 Å². The zero-order valence-electron chi connectivity index (χ0n) is 14.9. The van der Waals surface area contributed by atoms with Gasteiger partial charge < -0.3 is 15.6 Å². The molecule has 1 aromatic carbocycles. The zero-order chi connectivity index (χ0) is 18.5. The lowest BCUT2D eigenvalue weighted by Gasteiger charge is -2.18. The van der Waals surface area contributed by atoms with Gasteiger partial charge in [-0.3, -0.25) is 9.78 Å². The van der Waals surface area contributed by atoms with Gasteiger partial charge in [0.05, 0.1) is 24.1 Å². The van der Waals surface area contributed by atoms with Crippen LogP contribution in [0.25, 0.3) is 11.3 Å². The van der Waals surface area contributed by atoms with Crippen molar-refractivity contribution in [3.05, 3.63) is 60.4 Å². The smallest absolute Gasteiger partial charge is 0.251 e. The molecule has 0 saturated heterocycles. The van der Waals surface area contributed by atoms with Gasteiger partial charge in [0.15, 0.2) is 0 Å². The Balaban J connectivity index is 1.82. The number of carbonyl (C=O) groups excluding carboxylic acids is 1. The number of rotatable bonds is 6. The molecule has 0 spiro atoms. The number of aryl methyl sites for hydroxylation is 1. The summed E-state index contributed by atoms with van der Waals surface area (Å²) in [5, 5.41) is 3.09. The van der Waals surface area contributed by atoms with Crippen molar-refractivity contribution in [1.82, 2.24) is 24.8 Å². The maximum Gasteiger partial charge on any atom is 0.251 e. The molecule has 3 rings (SSSR count). The first-order valence-electron chi connectivity index (χ1n) is 8.54. The molecule has 0 aliphatic heterocycles. The maximum atomic E-state index is 12.8. The van der Waals surface area contributed by atoms with Crippen LogP contribution < -0.4 is 11.1 Å². The third kappa shape index (κ3) is 3.88. The summed E-state index contributed by atoms with van der Waals surface area (Å²) in [6.45, 7) is 2.09. The number of hydrogen-bond acceptors (Lipinski definition) is 5. The first-order chi connectivity index (χ1) is 12.6. The van der Waals surface area contributed by atoms with Crippen molar-refractivity contribution in [3.8, 4) is 11.3 Å². The number of anilines is 1. The minimum absolute atomic E-state index is 0.132. The van der Waals surface area contributed by atoms with Gasteiger partial charge in [-0.2, -0.15) is 0 Å². The van der Waals surface area contributed by atoms with Gasteiger partial charge in [-0.15, -0.1) is 0 Å². The van der Waals surface area contributed by atoms with Crippen LogP contribution in [-0.2, 0) is 7.05 Å². The first kappa shape index (κ1) is 17.6. The average Bonchev–Trinajstić information content (AvgIpc) is 3.08. The number of hydrogen-bond donors (Lipinski definition) is 2. The van der Waals surface area contributed by atoms with Gasteiger partial charge in [-0.1, -0.05) is 25.5 Å². The predicted molar refractivity (Wildman–Crippen MR) is 100 cm³/mol. The van der Waals surface area contributed by atoms with Crippen LogP contribution in [0, 0.1) is 0 Å². The van der Waals surface area contributed by atoms with Gasteiger partial charge in [0.2, 0.25) is 0 Å². The van der Waals surface area contributed by atoms with E-state index in [9.17, 15) is 4.79 Å². The molecule has 134 valence electrons. The number of carbonyl (C=O) groups is 1. The third-order valence-corrected chi connectivity index (χ3v) is 4.15. The quantitative estimate of drug-likeness (QED) is 0.712. The molecule has 7 nitrogen and oxygen atoms in total. The minimum Gasteiger partial charge on any atom is -0.382 e. The first-order valence-corrected chi connectivity index (χ1v) is 8.54. The highest BCUT2D eigenvalue weighted by molar-refractivity contribution is 5.95. The molecule has 1 atom stereocenters. The summed E-state index contributed by atoms with van der Waals surface area (Å²) >= 11 is 0. The van der Waals surface area contributed by atoms with Crippen LogP contribution in [0.1, 0.15) is 42.0 Å². The van der Waals surface area contributed by atoms with Gasteiger partial charge >= 0.3 is 0 Å². The Morgan fingerprint density at radius 3 is 2.77 bits per heavy atom. The molecule has 0 fully saturated rings. The molecule has 7 heteroatoms. The molecule has 2 aromatic heterocycles. The molecule has 3 N–H and O–H groups in total. The molecule has 3 aromatic rings. The number of aromatic nitrogens is 4. The second-order valence-corrected chi connectivity index (χ2v) is 6.12. The van der Waals surface area contributed by atoms with E-state index in [1.165, 1.54) is 6.20 Å². The Kier molecular flexibility index (Phi) is 5.26.